The highest BCUT2D eigenvalue weighted by atomic mass is 35.5. The van der Waals surface area contributed by atoms with Crippen molar-refractivity contribution in [3.63, 3.8) is 0 Å². The summed E-state index contributed by atoms with van der Waals surface area (Å²) >= 11 is 6.01. The van der Waals surface area contributed by atoms with E-state index < -0.39 is 27.5 Å². The van der Waals surface area contributed by atoms with Crippen LogP contribution in [0, 0.1) is 11.7 Å². The molecule has 0 aliphatic carbocycles. The van der Waals surface area contributed by atoms with E-state index in [9.17, 15) is 22.4 Å². The lowest BCUT2D eigenvalue weighted by Gasteiger charge is -2.30. The molecule has 0 unspecified atom stereocenters. The van der Waals surface area contributed by atoms with Gasteiger partial charge in [0.1, 0.15) is 5.82 Å². The standard InChI is InChI=1S/C28H29ClFN3O4S/c1-19(20-8-3-2-4-9-20)31-28(35)22-10-5-6-13-26(22)32-27(34)21-14-16-33(17-15-21)38(36,37)18-23-24(29)11-7-12-25(23)30/h2-13,19,21H,14-18H2,1H3,(H,31,35)(H,32,34)/t19-/m0/s1. The molecule has 0 saturated carbocycles. The second-order valence-corrected chi connectivity index (χ2v) is 11.6. The summed E-state index contributed by atoms with van der Waals surface area (Å²) in [4.78, 5) is 26.0. The maximum absolute atomic E-state index is 14.1. The van der Waals surface area contributed by atoms with Crippen molar-refractivity contribution in [1.82, 2.24) is 9.62 Å². The number of carbonyl (C=O) groups is 2. The molecular formula is C28H29ClFN3O4S. The average molecular weight is 558 g/mol. The van der Waals surface area contributed by atoms with Crippen molar-refractivity contribution in [2.45, 2.75) is 31.6 Å². The van der Waals surface area contributed by atoms with E-state index in [2.05, 4.69) is 10.6 Å². The third kappa shape index (κ3) is 6.59. The van der Waals surface area contributed by atoms with Crippen LogP contribution in [-0.2, 0) is 20.6 Å². The Morgan fingerprint density at radius 3 is 2.34 bits per heavy atom. The summed E-state index contributed by atoms with van der Waals surface area (Å²) in [6.45, 7) is 2.14. The lowest BCUT2D eigenvalue weighted by atomic mass is 9.97. The highest BCUT2D eigenvalue weighted by molar-refractivity contribution is 7.88. The van der Waals surface area contributed by atoms with Crippen LogP contribution in [0.2, 0.25) is 5.02 Å². The van der Waals surface area contributed by atoms with Crippen LogP contribution in [0.3, 0.4) is 0 Å². The number of halogens is 2. The van der Waals surface area contributed by atoms with Crippen molar-refractivity contribution in [2.24, 2.45) is 5.92 Å². The van der Waals surface area contributed by atoms with E-state index in [1.165, 1.54) is 22.5 Å². The number of rotatable bonds is 8. The number of sulfonamides is 1. The van der Waals surface area contributed by atoms with Crippen LogP contribution in [0.5, 0.6) is 0 Å². The maximum Gasteiger partial charge on any atom is 0.253 e. The van der Waals surface area contributed by atoms with Crippen LogP contribution < -0.4 is 10.6 Å². The Morgan fingerprint density at radius 2 is 1.66 bits per heavy atom. The zero-order valence-corrected chi connectivity index (χ0v) is 22.4. The highest BCUT2D eigenvalue weighted by Gasteiger charge is 2.32. The second kappa shape index (κ2) is 12.1. The number of nitrogens with zero attached hydrogens (tertiary/aromatic N) is 1. The number of hydrogen-bond donors (Lipinski definition) is 2. The molecule has 7 nitrogen and oxygen atoms in total. The Kier molecular flexibility index (Phi) is 8.81. The lowest BCUT2D eigenvalue weighted by molar-refractivity contribution is -0.120. The van der Waals surface area contributed by atoms with E-state index in [1.54, 1.807) is 24.3 Å². The van der Waals surface area contributed by atoms with Crippen molar-refractivity contribution < 1.29 is 22.4 Å². The Balaban J connectivity index is 1.37. The molecule has 3 aromatic carbocycles. The van der Waals surface area contributed by atoms with Gasteiger partial charge in [-0.1, -0.05) is 60.1 Å². The monoisotopic (exact) mass is 557 g/mol. The Morgan fingerprint density at radius 1 is 1.00 bits per heavy atom. The first-order valence-electron chi connectivity index (χ1n) is 12.3. The molecule has 38 heavy (non-hydrogen) atoms. The first-order chi connectivity index (χ1) is 18.2. The first kappa shape index (κ1) is 27.8. The van der Waals surface area contributed by atoms with E-state index in [1.807, 2.05) is 37.3 Å². The first-order valence-corrected chi connectivity index (χ1v) is 14.3. The van der Waals surface area contributed by atoms with E-state index in [0.29, 0.717) is 24.1 Å². The Bertz CT molecular complexity index is 1390. The van der Waals surface area contributed by atoms with Crippen LogP contribution >= 0.6 is 11.6 Å². The smallest absolute Gasteiger partial charge is 0.253 e. The molecule has 0 radical (unpaired) electrons. The van der Waals surface area contributed by atoms with Crippen molar-refractivity contribution in [1.29, 1.82) is 0 Å². The largest absolute Gasteiger partial charge is 0.345 e. The van der Waals surface area contributed by atoms with E-state index in [4.69, 9.17) is 11.6 Å². The number of nitrogens with one attached hydrogen (secondary N) is 2. The van der Waals surface area contributed by atoms with E-state index in [0.717, 1.165) is 5.56 Å². The molecular weight excluding hydrogens is 529 g/mol. The summed E-state index contributed by atoms with van der Waals surface area (Å²) in [7, 11) is -3.82. The van der Waals surface area contributed by atoms with Gasteiger partial charge in [-0.2, -0.15) is 0 Å². The van der Waals surface area contributed by atoms with Crippen LogP contribution in [-0.4, -0.2) is 37.6 Å². The van der Waals surface area contributed by atoms with Gasteiger partial charge in [0.25, 0.3) is 5.91 Å². The number of amides is 2. The molecule has 0 spiro atoms. The third-order valence-electron chi connectivity index (χ3n) is 6.68. The summed E-state index contributed by atoms with van der Waals surface area (Å²) in [5, 5.41) is 5.86. The quantitative estimate of drug-likeness (QED) is 0.400. The van der Waals surface area contributed by atoms with Gasteiger partial charge in [-0.15, -0.1) is 0 Å². The molecule has 1 aliphatic rings. The maximum atomic E-state index is 14.1. The minimum absolute atomic E-state index is 0.0590. The molecule has 0 aromatic heterocycles. The number of benzene rings is 3. The van der Waals surface area contributed by atoms with Crippen LogP contribution in [0.25, 0.3) is 0 Å². The fourth-order valence-electron chi connectivity index (χ4n) is 4.46. The van der Waals surface area contributed by atoms with Crippen molar-refractivity contribution in [3.05, 3.63) is 100 Å². The Hall–Kier alpha value is -3.27. The molecule has 4 rings (SSSR count). The van der Waals surface area contributed by atoms with Crippen LogP contribution in [0.4, 0.5) is 10.1 Å². The number of para-hydroxylation sites is 1. The Labute approximate surface area is 227 Å². The zero-order valence-electron chi connectivity index (χ0n) is 20.9. The minimum Gasteiger partial charge on any atom is -0.345 e. The molecule has 200 valence electrons. The zero-order chi connectivity index (χ0) is 27.3. The molecule has 1 saturated heterocycles. The van der Waals surface area contributed by atoms with Gasteiger partial charge in [0.05, 0.1) is 23.0 Å². The van der Waals surface area contributed by atoms with Crippen molar-refractivity contribution in [3.8, 4) is 0 Å². The van der Waals surface area contributed by atoms with Gasteiger partial charge in [0, 0.05) is 29.6 Å². The summed E-state index contributed by atoms with van der Waals surface area (Å²) in [6, 6.07) is 20.1. The summed E-state index contributed by atoms with van der Waals surface area (Å²) in [5.41, 5.74) is 1.62. The fraction of sp³-hybridized carbons (Fsp3) is 0.286. The van der Waals surface area contributed by atoms with E-state index in [-0.39, 0.29) is 41.5 Å². The molecule has 1 atom stereocenters. The van der Waals surface area contributed by atoms with Crippen LogP contribution in [0.1, 0.15) is 47.3 Å². The van der Waals surface area contributed by atoms with E-state index >= 15 is 0 Å². The van der Waals surface area contributed by atoms with Gasteiger partial charge in [-0.25, -0.2) is 17.1 Å². The van der Waals surface area contributed by atoms with Gasteiger partial charge in [-0.05, 0) is 49.6 Å². The molecule has 0 bridgehead atoms. The van der Waals surface area contributed by atoms with Crippen molar-refractivity contribution in [2.75, 3.05) is 18.4 Å². The lowest BCUT2D eigenvalue weighted by Crippen LogP contribution is -2.42. The summed E-state index contributed by atoms with van der Waals surface area (Å²) in [6.07, 6.45) is 0.602. The third-order valence-corrected chi connectivity index (χ3v) is 8.84. The summed E-state index contributed by atoms with van der Waals surface area (Å²) < 4.78 is 41.2. The highest BCUT2D eigenvalue weighted by Crippen LogP contribution is 2.27. The number of carbonyl (C=O) groups excluding carboxylic acids is 2. The molecule has 2 amide bonds. The SMILES string of the molecule is C[C@H](NC(=O)c1ccccc1NC(=O)C1CCN(S(=O)(=O)Cc2c(F)cccc2Cl)CC1)c1ccccc1. The fourth-order valence-corrected chi connectivity index (χ4v) is 6.38. The number of hydrogen-bond acceptors (Lipinski definition) is 4. The van der Waals surface area contributed by atoms with Gasteiger partial charge < -0.3 is 10.6 Å². The average Bonchev–Trinajstić information content (AvgIpc) is 2.91. The summed E-state index contributed by atoms with van der Waals surface area (Å²) in [5.74, 6) is -2.24. The molecule has 3 aromatic rings. The molecule has 2 N–H and O–H groups in total. The second-order valence-electron chi connectivity index (χ2n) is 9.27. The van der Waals surface area contributed by atoms with Crippen molar-refractivity contribution >= 4 is 39.1 Å². The molecule has 1 fully saturated rings. The predicted octanol–water partition coefficient (Wildman–Crippen LogP) is 5.15. The van der Waals surface area contributed by atoms with Gasteiger partial charge in [0.2, 0.25) is 15.9 Å². The molecule has 1 aliphatic heterocycles. The number of anilines is 1. The van der Waals surface area contributed by atoms with Gasteiger partial charge >= 0.3 is 0 Å². The van der Waals surface area contributed by atoms with Gasteiger partial charge in [0.15, 0.2) is 0 Å². The minimum atomic E-state index is -3.82. The number of piperidine rings is 1. The predicted molar refractivity (Wildman–Crippen MR) is 146 cm³/mol. The topological polar surface area (TPSA) is 95.6 Å². The van der Waals surface area contributed by atoms with Crippen LogP contribution in [0.15, 0.2) is 72.8 Å². The molecule has 10 heteroatoms. The molecule has 1 heterocycles. The normalized spacial score (nSPS) is 15.6. The van der Waals surface area contributed by atoms with Gasteiger partial charge in [-0.3, -0.25) is 9.59 Å².